The van der Waals surface area contributed by atoms with Crippen LogP contribution in [-0.2, 0) is 36.1 Å². The SMILES string of the molecule is CC.CO.Cc1cc(OCCCc2c(-c3cn(CCN4CCOCC4)c4cc(C=O)ccc34)n(CCNC=O)c3c(-c4c(C)nn(C)c4C)c(Cl)ccc23)cc(C)c1Cl. The number of ether oxygens (including phenoxy) is 2. The lowest BCUT2D eigenvalue weighted by atomic mass is 9.97. The zero-order valence-electron chi connectivity index (χ0n) is 35.6. The third-order valence-corrected chi connectivity index (χ3v) is 11.8. The van der Waals surface area contributed by atoms with Gasteiger partial charge in [0.15, 0.2) is 0 Å². The van der Waals surface area contributed by atoms with E-state index in [0.29, 0.717) is 36.7 Å². The summed E-state index contributed by atoms with van der Waals surface area (Å²) >= 11 is 13.7. The van der Waals surface area contributed by atoms with Gasteiger partial charge in [0.25, 0.3) is 0 Å². The molecule has 7 rings (SSSR count). The molecule has 2 N–H and O–H groups in total. The zero-order valence-corrected chi connectivity index (χ0v) is 37.1. The van der Waals surface area contributed by atoms with Crippen molar-refractivity contribution in [2.75, 3.05) is 53.1 Å². The third kappa shape index (κ3) is 9.71. The first-order valence-electron chi connectivity index (χ1n) is 20.3. The summed E-state index contributed by atoms with van der Waals surface area (Å²) in [4.78, 5) is 26.1. The first-order chi connectivity index (χ1) is 28.6. The summed E-state index contributed by atoms with van der Waals surface area (Å²) in [5.74, 6) is 0.799. The van der Waals surface area contributed by atoms with Crippen molar-refractivity contribution in [3.05, 3.63) is 92.3 Å². The lowest BCUT2D eigenvalue weighted by molar-refractivity contribution is -0.109. The van der Waals surface area contributed by atoms with E-state index in [1.807, 2.05) is 76.7 Å². The minimum atomic E-state index is 0.417. The summed E-state index contributed by atoms with van der Waals surface area (Å²) in [6.45, 7) is 18.3. The summed E-state index contributed by atoms with van der Waals surface area (Å²) in [6.07, 6.45) is 5.34. The number of halogens is 2. The van der Waals surface area contributed by atoms with Crippen molar-refractivity contribution in [2.24, 2.45) is 7.05 Å². The number of aryl methyl sites for hydroxylation is 5. The Kier molecular flexibility index (Phi) is 16.2. The van der Waals surface area contributed by atoms with Gasteiger partial charge in [-0.1, -0.05) is 55.2 Å². The molecular weight excluding hydrogens is 787 g/mol. The van der Waals surface area contributed by atoms with Gasteiger partial charge >= 0.3 is 0 Å². The van der Waals surface area contributed by atoms with Crippen LogP contribution >= 0.6 is 23.2 Å². The number of aldehydes is 1. The van der Waals surface area contributed by atoms with Crippen molar-refractivity contribution < 1.29 is 24.2 Å². The molecule has 4 heterocycles. The van der Waals surface area contributed by atoms with E-state index in [4.69, 9.17) is 42.9 Å². The number of carbonyl (C=O) groups is 2. The third-order valence-electron chi connectivity index (χ3n) is 10.9. The molecule has 0 atom stereocenters. The number of nitrogens with zero attached hydrogens (tertiary/aromatic N) is 5. The maximum absolute atomic E-state index is 12.1. The van der Waals surface area contributed by atoms with Gasteiger partial charge < -0.3 is 29.0 Å². The van der Waals surface area contributed by atoms with Gasteiger partial charge in [0.05, 0.1) is 41.7 Å². The Morgan fingerprint density at radius 1 is 0.915 bits per heavy atom. The van der Waals surface area contributed by atoms with Crippen LogP contribution in [0.15, 0.2) is 48.7 Å². The number of aliphatic hydroxyl groups excluding tert-OH is 1. The molecule has 1 amide bonds. The van der Waals surface area contributed by atoms with E-state index in [0.717, 1.165) is 149 Å². The van der Waals surface area contributed by atoms with Crippen LogP contribution < -0.4 is 10.1 Å². The maximum Gasteiger partial charge on any atom is 0.207 e. The van der Waals surface area contributed by atoms with Crippen molar-refractivity contribution >= 4 is 57.7 Å². The molecule has 6 aromatic rings. The summed E-state index contributed by atoms with van der Waals surface area (Å²) in [5, 5.41) is 18.2. The predicted molar refractivity (Wildman–Crippen MR) is 241 cm³/mol. The molecule has 0 radical (unpaired) electrons. The number of aliphatic hydroxyl groups is 1. The molecule has 1 saturated heterocycles. The second kappa shape index (κ2) is 21.0. The van der Waals surface area contributed by atoms with Gasteiger partial charge in [-0.2, -0.15) is 5.10 Å². The molecule has 0 bridgehead atoms. The van der Waals surface area contributed by atoms with Gasteiger partial charge in [0.1, 0.15) is 12.0 Å². The highest BCUT2D eigenvalue weighted by atomic mass is 35.5. The van der Waals surface area contributed by atoms with Crippen molar-refractivity contribution in [3.8, 4) is 28.1 Å². The van der Waals surface area contributed by atoms with E-state index < -0.39 is 0 Å². The Hall–Kier alpha value is -4.65. The maximum atomic E-state index is 12.1. The van der Waals surface area contributed by atoms with Crippen molar-refractivity contribution in [3.63, 3.8) is 0 Å². The molecule has 3 aromatic heterocycles. The minimum Gasteiger partial charge on any atom is -0.494 e. The molecule has 0 unspecified atom stereocenters. The largest absolute Gasteiger partial charge is 0.494 e. The summed E-state index contributed by atoms with van der Waals surface area (Å²) in [6, 6.07) is 14.0. The van der Waals surface area contributed by atoms with E-state index in [1.54, 1.807) is 0 Å². The highest BCUT2D eigenvalue weighted by molar-refractivity contribution is 6.35. The van der Waals surface area contributed by atoms with Crippen molar-refractivity contribution in [2.45, 2.75) is 67.5 Å². The van der Waals surface area contributed by atoms with E-state index in [-0.39, 0.29) is 0 Å². The van der Waals surface area contributed by atoms with Crippen LogP contribution in [0.5, 0.6) is 5.75 Å². The lowest BCUT2D eigenvalue weighted by Gasteiger charge is -2.26. The monoisotopic (exact) mass is 844 g/mol. The Morgan fingerprint density at radius 3 is 2.25 bits per heavy atom. The minimum absolute atomic E-state index is 0.417. The summed E-state index contributed by atoms with van der Waals surface area (Å²) in [7, 11) is 2.95. The van der Waals surface area contributed by atoms with Gasteiger partial charge in [0.2, 0.25) is 6.41 Å². The molecule has 316 valence electrons. The molecule has 1 fully saturated rings. The highest BCUT2D eigenvalue weighted by Crippen LogP contribution is 2.46. The van der Waals surface area contributed by atoms with Gasteiger partial charge in [-0.3, -0.25) is 19.2 Å². The molecule has 3 aromatic carbocycles. The predicted octanol–water partition coefficient (Wildman–Crippen LogP) is 8.74. The molecule has 1 aliphatic heterocycles. The number of amides is 1. The number of hydrogen-bond donors (Lipinski definition) is 2. The highest BCUT2D eigenvalue weighted by Gasteiger charge is 2.28. The number of fused-ring (bicyclic) bond motifs is 2. The van der Waals surface area contributed by atoms with Crippen molar-refractivity contribution in [1.29, 1.82) is 0 Å². The number of hydrogen-bond acceptors (Lipinski definition) is 7. The smallest absolute Gasteiger partial charge is 0.207 e. The van der Waals surface area contributed by atoms with E-state index in [1.165, 1.54) is 0 Å². The Balaban J connectivity index is 0.00000160. The van der Waals surface area contributed by atoms with Crippen LogP contribution in [0.2, 0.25) is 10.0 Å². The average molecular weight is 846 g/mol. The van der Waals surface area contributed by atoms with Gasteiger partial charge in [-0.25, -0.2) is 0 Å². The number of benzene rings is 3. The Bertz CT molecular complexity index is 2370. The standard InChI is InChI=1S/C43H48Cl2N6O4.C2H6.CH4O/c1-27-21-32(22-28(2)41(27)45)55-18-6-7-34-35-10-11-37(44)40(39-29(3)47-48(5)30(39)4)43(35)51(13-12-46-26-53)42(34)36-24-50(15-14-49-16-19-54-20-17-49)38-23-31(25-52)8-9-33(36)38;2*1-2/h8-11,21-26H,6-7,12-20H2,1-5H3,(H,46,53);1-2H3;2H,1H3. The van der Waals surface area contributed by atoms with E-state index in [2.05, 4.69) is 44.6 Å². The van der Waals surface area contributed by atoms with E-state index >= 15 is 0 Å². The molecule has 13 heteroatoms. The fourth-order valence-electron chi connectivity index (χ4n) is 8.14. The van der Waals surface area contributed by atoms with Crippen LogP contribution in [-0.4, -0.2) is 94.7 Å². The fourth-order valence-corrected chi connectivity index (χ4v) is 8.50. The summed E-state index contributed by atoms with van der Waals surface area (Å²) < 4.78 is 18.4. The molecule has 1 aliphatic rings. The molecule has 0 aliphatic carbocycles. The van der Waals surface area contributed by atoms with Crippen molar-refractivity contribution in [1.82, 2.24) is 29.1 Å². The number of morpholine rings is 1. The van der Waals surface area contributed by atoms with Crippen LogP contribution in [0.3, 0.4) is 0 Å². The topological polar surface area (TPSA) is 116 Å². The summed E-state index contributed by atoms with van der Waals surface area (Å²) in [5.41, 5.74) is 11.7. The van der Waals surface area contributed by atoms with Gasteiger partial charge in [0, 0.05) is 109 Å². The Morgan fingerprint density at radius 2 is 1.61 bits per heavy atom. The quantitative estimate of drug-likeness (QED) is 0.0785. The normalized spacial score (nSPS) is 12.9. The Labute approximate surface area is 357 Å². The van der Waals surface area contributed by atoms with Crippen LogP contribution in [0.4, 0.5) is 0 Å². The van der Waals surface area contributed by atoms with Crippen LogP contribution in [0.1, 0.15) is 58.7 Å². The van der Waals surface area contributed by atoms with Crippen LogP contribution in [0, 0.1) is 27.7 Å². The van der Waals surface area contributed by atoms with E-state index in [9.17, 15) is 9.59 Å². The van der Waals surface area contributed by atoms with Gasteiger partial charge in [-0.05, 0) is 81.5 Å². The van der Waals surface area contributed by atoms with Gasteiger partial charge in [-0.15, -0.1) is 0 Å². The molecular formula is C46H58Cl2N6O5. The lowest BCUT2D eigenvalue weighted by Crippen LogP contribution is -2.38. The zero-order chi connectivity index (χ0) is 42.8. The second-order valence-electron chi connectivity index (χ2n) is 14.4. The number of nitrogens with one attached hydrogen (secondary N) is 1. The number of carbonyl (C=O) groups excluding carboxylic acids is 2. The van der Waals surface area contributed by atoms with Crippen LogP contribution in [0.25, 0.3) is 44.2 Å². The fraction of sp³-hybridized carbons (Fsp3) is 0.413. The first kappa shape index (κ1) is 45.4. The number of aromatic nitrogens is 4. The number of rotatable bonds is 15. The molecule has 0 saturated carbocycles. The molecule has 0 spiro atoms. The molecule has 11 nitrogen and oxygen atoms in total. The molecule has 59 heavy (non-hydrogen) atoms. The first-order valence-corrected chi connectivity index (χ1v) is 21.1. The second-order valence-corrected chi connectivity index (χ2v) is 15.2. The average Bonchev–Trinajstić information content (AvgIpc) is 3.85.